The maximum absolute atomic E-state index is 13.0. The van der Waals surface area contributed by atoms with Crippen molar-refractivity contribution in [2.45, 2.75) is 58.3 Å². The Balaban J connectivity index is 1.66. The molecule has 0 unspecified atom stereocenters. The number of ether oxygens (including phenoxy) is 1. The summed E-state index contributed by atoms with van der Waals surface area (Å²) in [4.78, 5) is 35.2. The van der Waals surface area contributed by atoms with Crippen LogP contribution in [0.25, 0.3) is 0 Å². The van der Waals surface area contributed by atoms with Crippen LogP contribution in [0.15, 0.2) is 42.7 Å². The molecule has 148 valence electrons. The van der Waals surface area contributed by atoms with Gasteiger partial charge in [0.05, 0.1) is 12.2 Å². The molecule has 7 heteroatoms. The molecule has 0 aliphatic heterocycles. The van der Waals surface area contributed by atoms with Crippen molar-refractivity contribution in [2.75, 3.05) is 0 Å². The summed E-state index contributed by atoms with van der Waals surface area (Å²) in [5, 5.41) is 2.67. The van der Waals surface area contributed by atoms with Crippen molar-refractivity contribution < 1.29 is 14.3 Å². The Morgan fingerprint density at radius 3 is 2.54 bits per heavy atom. The van der Waals surface area contributed by atoms with Crippen LogP contribution in [0.2, 0.25) is 0 Å². The smallest absolute Gasteiger partial charge is 0.407 e. The van der Waals surface area contributed by atoms with E-state index in [9.17, 15) is 9.59 Å². The fourth-order valence-electron chi connectivity index (χ4n) is 2.76. The van der Waals surface area contributed by atoms with Crippen LogP contribution in [0.1, 0.15) is 55.4 Å². The van der Waals surface area contributed by atoms with Gasteiger partial charge in [-0.3, -0.25) is 9.78 Å². The summed E-state index contributed by atoms with van der Waals surface area (Å²) in [6, 6.07) is 9.35. The Labute approximate surface area is 165 Å². The number of rotatable bonds is 6. The molecule has 1 N–H and O–H groups in total. The molecule has 2 aromatic heterocycles. The molecule has 0 bridgehead atoms. The normalized spacial score (nSPS) is 13.7. The summed E-state index contributed by atoms with van der Waals surface area (Å²) in [6.45, 7) is 6.15. The van der Waals surface area contributed by atoms with Crippen LogP contribution < -0.4 is 5.32 Å². The van der Waals surface area contributed by atoms with Gasteiger partial charge in [0, 0.05) is 25.0 Å². The fourth-order valence-corrected chi connectivity index (χ4v) is 2.76. The zero-order valence-corrected chi connectivity index (χ0v) is 16.5. The minimum atomic E-state index is -0.562. The maximum atomic E-state index is 13.0. The molecule has 0 saturated heterocycles. The zero-order valence-electron chi connectivity index (χ0n) is 16.5. The number of nitrogens with one attached hydrogen (secondary N) is 1. The minimum absolute atomic E-state index is 0.0987. The molecule has 3 rings (SSSR count). The van der Waals surface area contributed by atoms with E-state index in [4.69, 9.17) is 4.74 Å². The summed E-state index contributed by atoms with van der Waals surface area (Å²) in [7, 11) is 0. The molecule has 2 amide bonds. The fraction of sp³-hybridized carbons (Fsp3) is 0.429. The van der Waals surface area contributed by atoms with Crippen molar-refractivity contribution in [3.63, 3.8) is 0 Å². The lowest BCUT2D eigenvalue weighted by Crippen LogP contribution is -2.34. The molecule has 0 spiro atoms. The lowest BCUT2D eigenvalue weighted by atomic mass is 10.2. The number of alkyl carbamates (subject to hydrolysis) is 1. The van der Waals surface area contributed by atoms with Crippen molar-refractivity contribution in [3.8, 4) is 0 Å². The average Bonchev–Trinajstić information content (AvgIpc) is 3.49. The molecular weight excluding hydrogens is 356 g/mol. The number of carbonyl (C=O) groups excluding carboxylic acids is 2. The Kier molecular flexibility index (Phi) is 5.92. The van der Waals surface area contributed by atoms with Crippen molar-refractivity contribution >= 4 is 12.0 Å². The number of hydrogen-bond acceptors (Lipinski definition) is 5. The van der Waals surface area contributed by atoms with Crippen LogP contribution >= 0.6 is 0 Å². The summed E-state index contributed by atoms with van der Waals surface area (Å²) >= 11 is 0. The molecule has 2 heterocycles. The Bertz CT molecular complexity index is 829. The lowest BCUT2D eigenvalue weighted by molar-refractivity contribution is 0.0523. The summed E-state index contributed by atoms with van der Waals surface area (Å²) in [6.07, 6.45) is 4.97. The molecular formula is C21H26N4O3. The Morgan fingerprint density at radius 1 is 1.18 bits per heavy atom. The van der Waals surface area contributed by atoms with Gasteiger partial charge in [-0.15, -0.1) is 0 Å². The second-order valence-electron chi connectivity index (χ2n) is 7.89. The standard InChI is InChI=1S/C21H26N4O3/c1-21(2,3)28-20(27)23-13-16-5-4-6-18(24-16)19(26)25(17-7-8-17)14-15-9-11-22-12-10-15/h4-6,9-12,17H,7-8,13-14H2,1-3H3,(H,23,27). The van der Waals surface area contributed by atoms with Gasteiger partial charge < -0.3 is 15.0 Å². The molecule has 1 saturated carbocycles. The van der Waals surface area contributed by atoms with Gasteiger partial charge in [0.2, 0.25) is 0 Å². The molecule has 0 radical (unpaired) electrons. The maximum Gasteiger partial charge on any atom is 0.407 e. The molecule has 0 atom stereocenters. The number of pyridine rings is 2. The first-order valence-corrected chi connectivity index (χ1v) is 9.44. The van der Waals surface area contributed by atoms with Gasteiger partial charge in [0.15, 0.2) is 0 Å². The van der Waals surface area contributed by atoms with Crippen molar-refractivity contribution in [3.05, 3.63) is 59.7 Å². The summed E-state index contributed by atoms with van der Waals surface area (Å²) < 4.78 is 5.22. The second-order valence-corrected chi connectivity index (χ2v) is 7.89. The van der Waals surface area contributed by atoms with Crippen molar-refractivity contribution in [1.29, 1.82) is 0 Å². The van der Waals surface area contributed by atoms with E-state index in [0.717, 1.165) is 18.4 Å². The predicted molar refractivity (Wildman–Crippen MR) is 104 cm³/mol. The van der Waals surface area contributed by atoms with Crippen LogP contribution in [0.4, 0.5) is 4.79 Å². The van der Waals surface area contributed by atoms with Crippen molar-refractivity contribution in [2.24, 2.45) is 0 Å². The number of amides is 2. The third-order valence-corrected chi connectivity index (χ3v) is 4.19. The summed E-state index contributed by atoms with van der Waals surface area (Å²) in [5.41, 5.74) is 1.46. The highest BCUT2D eigenvalue weighted by atomic mass is 16.6. The highest BCUT2D eigenvalue weighted by Gasteiger charge is 2.33. The Hall–Kier alpha value is -2.96. The molecule has 1 fully saturated rings. The van der Waals surface area contributed by atoms with Gasteiger partial charge in [0.25, 0.3) is 5.91 Å². The van der Waals surface area contributed by atoms with E-state index in [0.29, 0.717) is 17.9 Å². The van der Waals surface area contributed by atoms with E-state index in [1.807, 2.05) is 17.0 Å². The largest absolute Gasteiger partial charge is 0.444 e. The molecule has 0 aromatic carbocycles. The van der Waals surface area contributed by atoms with Gasteiger partial charge in [0.1, 0.15) is 11.3 Å². The average molecular weight is 382 g/mol. The first-order chi connectivity index (χ1) is 13.3. The van der Waals surface area contributed by atoms with Gasteiger partial charge in [-0.05, 0) is 63.4 Å². The Morgan fingerprint density at radius 2 is 1.89 bits per heavy atom. The number of carbonyl (C=O) groups is 2. The van der Waals surface area contributed by atoms with Crippen LogP contribution in [0.5, 0.6) is 0 Å². The van der Waals surface area contributed by atoms with Gasteiger partial charge in [-0.25, -0.2) is 9.78 Å². The third-order valence-electron chi connectivity index (χ3n) is 4.19. The van der Waals surface area contributed by atoms with Gasteiger partial charge in [-0.1, -0.05) is 6.07 Å². The molecule has 7 nitrogen and oxygen atoms in total. The first kappa shape index (κ1) is 19.8. The molecule has 1 aliphatic carbocycles. The molecule has 1 aliphatic rings. The third kappa shape index (κ3) is 5.77. The lowest BCUT2D eigenvalue weighted by Gasteiger charge is -2.22. The number of hydrogen-bond donors (Lipinski definition) is 1. The number of aromatic nitrogens is 2. The predicted octanol–water partition coefficient (Wildman–Crippen LogP) is 3.31. The number of nitrogens with zero attached hydrogens (tertiary/aromatic N) is 3. The highest BCUT2D eigenvalue weighted by molar-refractivity contribution is 5.92. The monoisotopic (exact) mass is 382 g/mol. The minimum Gasteiger partial charge on any atom is -0.444 e. The van der Waals surface area contributed by atoms with Gasteiger partial charge >= 0.3 is 6.09 Å². The molecule has 28 heavy (non-hydrogen) atoms. The van der Waals surface area contributed by atoms with Crippen LogP contribution in [-0.2, 0) is 17.8 Å². The van der Waals surface area contributed by atoms with Crippen molar-refractivity contribution in [1.82, 2.24) is 20.2 Å². The van der Waals surface area contributed by atoms with E-state index < -0.39 is 11.7 Å². The first-order valence-electron chi connectivity index (χ1n) is 9.44. The van der Waals surface area contributed by atoms with E-state index in [1.54, 1.807) is 51.4 Å². The van der Waals surface area contributed by atoms with Crippen LogP contribution in [-0.4, -0.2) is 38.5 Å². The van der Waals surface area contributed by atoms with Crippen LogP contribution in [0.3, 0.4) is 0 Å². The highest BCUT2D eigenvalue weighted by Crippen LogP contribution is 2.29. The SMILES string of the molecule is CC(C)(C)OC(=O)NCc1cccc(C(=O)N(Cc2ccncc2)C2CC2)n1. The van der Waals surface area contributed by atoms with E-state index in [-0.39, 0.29) is 18.5 Å². The van der Waals surface area contributed by atoms with E-state index in [1.165, 1.54) is 0 Å². The van der Waals surface area contributed by atoms with Crippen LogP contribution in [0, 0.1) is 0 Å². The van der Waals surface area contributed by atoms with E-state index in [2.05, 4.69) is 15.3 Å². The van der Waals surface area contributed by atoms with Gasteiger partial charge in [-0.2, -0.15) is 0 Å². The zero-order chi connectivity index (χ0) is 20.1. The summed E-state index contributed by atoms with van der Waals surface area (Å²) in [5.74, 6) is -0.0987. The molecule has 2 aromatic rings. The quantitative estimate of drug-likeness (QED) is 0.829. The topological polar surface area (TPSA) is 84.4 Å². The second kappa shape index (κ2) is 8.37. The van der Waals surface area contributed by atoms with E-state index >= 15 is 0 Å².